The molecule has 0 bridgehead atoms. The average Bonchev–Trinajstić information content (AvgIpc) is 2.74. The molecule has 0 aliphatic carbocycles. The molecule has 2 amide bonds. The molecule has 7 heteroatoms. The van der Waals surface area contributed by atoms with Crippen LogP contribution < -0.4 is 5.32 Å². The fourth-order valence-electron chi connectivity index (χ4n) is 3.21. The highest BCUT2D eigenvalue weighted by molar-refractivity contribution is 5.81. The first-order chi connectivity index (χ1) is 11.4. The Labute approximate surface area is 144 Å². The van der Waals surface area contributed by atoms with E-state index in [0.717, 1.165) is 30.9 Å². The molecule has 1 aliphatic rings. The molecule has 134 valence electrons. The molecular formula is C17H29N5O2. The molecule has 1 aromatic heterocycles. The lowest BCUT2D eigenvalue weighted by atomic mass is 10.1. The van der Waals surface area contributed by atoms with Crippen LogP contribution in [-0.4, -0.2) is 71.7 Å². The number of nitrogens with zero attached hydrogens (tertiary/aromatic N) is 4. The Kier molecular flexibility index (Phi) is 6.36. The molecule has 0 unspecified atom stereocenters. The fraction of sp³-hybridized carbons (Fsp3) is 0.706. The zero-order valence-corrected chi connectivity index (χ0v) is 15.2. The minimum atomic E-state index is -0.164. The summed E-state index contributed by atoms with van der Waals surface area (Å²) < 4.78 is 1.95. The molecule has 24 heavy (non-hydrogen) atoms. The zero-order valence-electron chi connectivity index (χ0n) is 15.2. The predicted octanol–water partition coefficient (Wildman–Crippen LogP) is 0.416. The van der Waals surface area contributed by atoms with Gasteiger partial charge >= 0.3 is 0 Å². The molecule has 0 aromatic carbocycles. The van der Waals surface area contributed by atoms with Crippen LogP contribution >= 0.6 is 0 Å². The Hall–Kier alpha value is -1.89. The van der Waals surface area contributed by atoms with E-state index in [2.05, 4.69) is 15.3 Å². The number of rotatable bonds is 5. The first kappa shape index (κ1) is 18.4. The Morgan fingerprint density at radius 1 is 1.29 bits per heavy atom. The van der Waals surface area contributed by atoms with Crippen molar-refractivity contribution in [3.63, 3.8) is 0 Å². The molecule has 2 heterocycles. The maximum absolute atomic E-state index is 12.5. The molecule has 1 aromatic rings. The summed E-state index contributed by atoms with van der Waals surface area (Å²) >= 11 is 0. The summed E-state index contributed by atoms with van der Waals surface area (Å²) in [5.74, 6) is -0.0348. The third-order valence-corrected chi connectivity index (χ3v) is 4.56. The van der Waals surface area contributed by atoms with Crippen molar-refractivity contribution in [1.29, 1.82) is 0 Å². The van der Waals surface area contributed by atoms with Crippen LogP contribution in [0.25, 0.3) is 0 Å². The highest BCUT2D eigenvalue weighted by Crippen LogP contribution is 2.12. The quantitative estimate of drug-likeness (QED) is 0.846. The van der Waals surface area contributed by atoms with Crippen LogP contribution in [0.4, 0.5) is 0 Å². The van der Waals surface area contributed by atoms with Crippen molar-refractivity contribution < 1.29 is 9.59 Å². The molecule has 2 rings (SSSR count). The summed E-state index contributed by atoms with van der Waals surface area (Å²) in [6.07, 6.45) is 1.25. The van der Waals surface area contributed by atoms with E-state index < -0.39 is 0 Å². The highest BCUT2D eigenvalue weighted by atomic mass is 16.2. The van der Waals surface area contributed by atoms with E-state index in [-0.39, 0.29) is 17.7 Å². The summed E-state index contributed by atoms with van der Waals surface area (Å²) in [5.41, 5.74) is 2.12. The number of amides is 2. The number of aryl methyl sites for hydroxylation is 3. The van der Waals surface area contributed by atoms with Gasteiger partial charge in [-0.25, -0.2) is 0 Å². The number of aromatic nitrogens is 2. The van der Waals surface area contributed by atoms with Crippen molar-refractivity contribution in [3.8, 4) is 0 Å². The summed E-state index contributed by atoms with van der Waals surface area (Å²) in [4.78, 5) is 28.5. The first-order valence-electron chi connectivity index (χ1n) is 8.59. The maximum atomic E-state index is 12.5. The SMILES string of the molecule is CNC(=O)[C@@H]1CN(C)CCN(C(=O)CCCn2nc(C)cc2C)C1. The van der Waals surface area contributed by atoms with Gasteiger partial charge in [0.1, 0.15) is 0 Å². The van der Waals surface area contributed by atoms with Gasteiger partial charge in [-0.1, -0.05) is 0 Å². The Balaban J connectivity index is 1.88. The second kappa shape index (κ2) is 8.28. The van der Waals surface area contributed by atoms with Crippen LogP contribution in [0.15, 0.2) is 6.07 Å². The Morgan fingerprint density at radius 2 is 2.04 bits per heavy atom. The second-order valence-electron chi connectivity index (χ2n) is 6.67. The van der Waals surface area contributed by atoms with Gasteiger partial charge in [0, 0.05) is 51.9 Å². The van der Waals surface area contributed by atoms with E-state index in [0.29, 0.717) is 26.1 Å². The van der Waals surface area contributed by atoms with Crippen molar-refractivity contribution in [3.05, 3.63) is 17.5 Å². The molecular weight excluding hydrogens is 306 g/mol. The predicted molar refractivity (Wildman–Crippen MR) is 92.6 cm³/mol. The number of likely N-dealkylation sites (N-methyl/N-ethyl adjacent to an activating group) is 1. The number of carbonyl (C=O) groups is 2. The third kappa shape index (κ3) is 4.80. The van der Waals surface area contributed by atoms with E-state index in [4.69, 9.17) is 0 Å². The van der Waals surface area contributed by atoms with Crippen LogP contribution in [-0.2, 0) is 16.1 Å². The van der Waals surface area contributed by atoms with Crippen molar-refractivity contribution in [2.24, 2.45) is 5.92 Å². The van der Waals surface area contributed by atoms with Crippen LogP contribution in [0, 0.1) is 19.8 Å². The molecule has 7 nitrogen and oxygen atoms in total. The Morgan fingerprint density at radius 3 is 2.67 bits per heavy atom. The van der Waals surface area contributed by atoms with E-state index in [1.54, 1.807) is 7.05 Å². The van der Waals surface area contributed by atoms with Crippen molar-refractivity contribution in [2.75, 3.05) is 40.3 Å². The van der Waals surface area contributed by atoms with Crippen molar-refractivity contribution >= 4 is 11.8 Å². The molecule has 1 N–H and O–H groups in total. The third-order valence-electron chi connectivity index (χ3n) is 4.56. The summed E-state index contributed by atoms with van der Waals surface area (Å²) in [5, 5.41) is 7.12. The van der Waals surface area contributed by atoms with Crippen LogP contribution in [0.2, 0.25) is 0 Å². The van der Waals surface area contributed by atoms with E-state index in [1.807, 2.05) is 36.5 Å². The zero-order chi connectivity index (χ0) is 17.7. The fourth-order valence-corrected chi connectivity index (χ4v) is 3.21. The van der Waals surface area contributed by atoms with Gasteiger partial charge in [0.05, 0.1) is 11.6 Å². The van der Waals surface area contributed by atoms with Gasteiger partial charge in [0.2, 0.25) is 11.8 Å². The van der Waals surface area contributed by atoms with Gasteiger partial charge in [-0.2, -0.15) is 5.10 Å². The molecule has 1 saturated heterocycles. The van der Waals surface area contributed by atoms with E-state index in [1.165, 1.54) is 0 Å². The highest BCUT2D eigenvalue weighted by Gasteiger charge is 2.28. The number of carbonyl (C=O) groups excluding carboxylic acids is 2. The molecule has 1 atom stereocenters. The topological polar surface area (TPSA) is 70.5 Å². The lowest BCUT2D eigenvalue weighted by Gasteiger charge is -2.23. The minimum Gasteiger partial charge on any atom is -0.359 e. The van der Waals surface area contributed by atoms with Gasteiger partial charge < -0.3 is 15.1 Å². The average molecular weight is 335 g/mol. The lowest BCUT2D eigenvalue weighted by molar-refractivity contribution is -0.133. The van der Waals surface area contributed by atoms with E-state index in [9.17, 15) is 9.59 Å². The van der Waals surface area contributed by atoms with Crippen LogP contribution in [0.5, 0.6) is 0 Å². The van der Waals surface area contributed by atoms with Crippen LogP contribution in [0.3, 0.4) is 0 Å². The smallest absolute Gasteiger partial charge is 0.225 e. The summed E-state index contributed by atoms with van der Waals surface area (Å²) in [6.45, 7) is 7.43. The molecule has 0 radical (unpaired) electrons. The number of hydrogen-bond acceptors (Lipinski definition) is 4. The van der Waals surface area contributed by atoms with Gasteiger partial charge in [0.25, 0.3) is 0 Å². The number of nitrogens with one attached hydrogen (secondary N) is 1. The lowest BCUT2D eigenvalue weighted by Crippen LogP contribution is -2.41. The minimum absolute atomic E-state index is 0.00388. The first-order valence-corrected chi connectivity index (χ1v) is 8.59. The normalized spacial score (nSPS) is 19.2. The maximum Gasteiger partial charge on any atom is 0.225 e. The van der Waals surface area contributed by atoms with Crippen molar-refractivity contribution in [2.45, 2.75) is 33.2 Å². The Bertz CT molecular complexity index is 584. The molecule has 1 aliphatic heterocycles. The van der Waals surface area contributed by atoms with Crippen LogP contribution in [0.1, 0.15) is 24.2 Å². The van der Waals surface area contributed by atoms with E-state index >= 15 is 0 Å². The van der Waals surface area contributed by atoms with Gasteiger partial charge in [0.15, 0.2) is 0 Å². The molecule has 0 spiro atoms. The van der Waals surface area contributed by atoms with Gasteiger partial charge in [-0.3, -0.25) is 14.3 Å². The second-order valence-corrected chi connectivity index (χ2v) is 6.67. The van der Waals surface area contributed by atoms with Crippen molar-refractivity contribution in [1.82, 2.24) is 24.9 Å². The molecule has 1 fully saturated rings. The van der Waals surface area contributed by atoms with Gasteiger partial charge in [-0.05, 0) is 33.4 Å². The summed E-state index contributed by atoms with van der Waals surface area (Å²) in [6, 6.07) is 2.04. The molecule has 0 saturated carbocycles. The monoisotopic (exact) mass is 335 g/mol. The number of hydrogen-bond donors (Lipinski definition) is 1. The summed E-state index contributed by atoms with van der Waals surface area (Å²) in [7, 11) is 3.64. The standard InChI is InChI=1S/C17H29N5O2/c1-13-10-14(2)22(19-13)7-5-6-16(23)21-9-8-20(4)11-15(12-21)17(24)18-3/h10,15H,5-9,11-12H2,1-4H3,(H,18,24)/t15-/m1/s1. The van der Waals surface area contributed by atoms with Gasteiger partial charge in [-0.15, -0.1) is 0 Å². The largest absolute Gasteiger partial charge is 0.359 e.